The van der Waals surface area contributed by atoms with E-state index in [1.54, 1.807) is 24.3 Å². The van der Waals surface area contributed by atoms with Gasteiger partial charge in [0.25, 0.3) is 11.8 Å². The molecule has 1 aromatic carbocycles. The van der Waals surface area contributed by atoms with Gasteiger partial charge >= 0.3 is 0 Å². The molecule has 0 fully saturated rings. The lowest BCUT2D eigenvalue weighted by molar-refractivity contribution is 0.0975. The van der Waals surface area contributed by atoms with Crippen molar-refractivity contribution in [2.75, 3.05) is 5.32 Å². The van der Waals surface area contributed by atoms with Crippen LogP contribution in [0.5, 0.6) is 5.75 Å². The van der Waals surface area contributed by atoms with Crippen LogP contribution in [0.4, 0.5) is 5.00 Å². The van der Waals surface area contributed by atoms with E-state index in [0.717, 1.165) is 36.1 Å². The Morgan fingerprint density at radius 1 is 1.18 bits per heavy atom. The van der Waals surface area contributed by atoms with E-state index in [2.05, 4.69) is 10.6 Å². The zero-order chi connectivity index (χ0) is 20.3. The number of carbonyl (C=O) groups excluding carboxylic acids is 2. The van der Waals surface area contributed by atoms with Crippen molar-refractivity contribution in [3.8, 4) is 5.75 Å². The molecule has 1 aliphatic rings. The predicted octanol–water partition coefficient (Wildman–Crippen LogP) is 3.64. The summed E-state index contributed by atoms with van der Waals surface area (Å²) in [6.07, 6.45) is 3.98. The predicted molar refractivity (Wildman–Crippen MR) is 115 cm³/mol. The number of ether oxygens (including phenoxy) is 1. The summed E-state index contributed by atoms with van der Waals surface area (Å²) in [5.41, 5.74) is 7.55. The number of nitrogens with two attached hydrogens (primary N) is 1. The normalized spacial score (nSPS) is 13.0. The number of hydrogen-bond acceptors (Lipinski definition) is 5. The van der Waals surface area contributed by atoms with Crippen LogP contribution in [0.25, 0.3) is 0 Å². The van der Waals surface area contributed by atoms with E-state index < -0.39 is 5.91 Å². The Kier molecular flexibility index (Phi) is 6.31. The average Bonchev–Trinajstić information content (AvgIpc) is 2.99. The molecule has 0 spiro atoms. The number of anilines is 1. The van der Waals surface area contributed by atoms with E-state index in [4.69, 9.17) is 22.7 Å². The number of rotatable bonds is 5. The number of primary amides is 1. The van der Waals surface area contributed by atoms with Gasteiger partial charge in [-0.3, -0.25) is 14.9 Å². The minimum Gasteiger partial charge on any atom is -0.491 e. The maximum Gasteiger partial charge on any atom is 0.257 e. The van der Waals surface area contributed by atoms with Gasteiger partial charge in [-0.2, -0.15) is 0 Å². The minimum atomic E-state index is -0.475. The highest BCUT2D eigenvalue weighted by Gasteiger charge is 2.24. The van der Waals surface area contributed by atoms with Crippen molar-refractivity contribution in [3.63, 3.8) is 0 Å². The van der Waals surface area contributed by atoms with Crippen LogP contribution >= 0.6 is 23.6 Å². The number of nitrogens with one attached hydrogen (secondary N) is 2. The summed E-state index contributed by atoms with van der Waals surface area (Å²) >= 11 is 6.75. The van der Waals surface area contributed by atoms with Gasteiger partial charge in [-0.05, 0) is 81.6 Å². The van der Waals surface area contributed by atoms with Gasteiger partial charge in [0.1, 0.15) is 10.8 Å². The van der Waals surface area contributed by atoms with Crippen LogP contribution in [0.15, 0.2) is 24.3 Å². The molecule has 1 aliphatic carbocycles. The smallest absolute Gasteiger partial charge is 0.257 e. The van der Waals surface area contributed by atoms with Crippen molar-refractivity contribution in [1.29, 1.82) is 0 Å². The third-order valence-electron chi connectivity index (χ3n) is 4.36. The number of thiocarbonyl (C=S) groups is 1. The van der Waals surface area contributed by atoms with E-state index in [9.17, 15) is 9.59 Å². The topological polar surface area (TPSA) is 93.4 Å². The zero-order valence-electron chi connectivity index (χ0n) is 15.8. The fourth-order valence-corrected chi connectivity index (χ4v) is 4.74. The van der Waals surface area contributed by atoms with Crippen molar-refractivity contribution >= 4 is 45.5 Å². The van der Waals surface area contributed by atoms with Gasteiger partial charge in [0.05, 0.1) is 11.7 Å². The maximum absolute atomic E-state index is 12.4. The molecule has 148 valence electrons. The van der Waals surface area contributed by atoms with Gasteiger partial charge in [-0.15, -0.1) is 11.3 Å². The van der Waals surface area contributed by atoms with Crippen molar-refractivity contribution < 1.29 is 14.3 Å². The molecule has 28 heavy (non-hydrogen) atoms. The second-order valence-corrected chi connectivity index (χ2v) is 8.39. The van der Waals surface area contributed by atoms with Gasteiger partial charge in [0, 0.05) is 10.4 Å². The molecule has 0 aliphatic heterocycles. The van der Waals surface area contributed by atoms with E-state index in [1.165, 1.54) is 11.3 Å². The number of hydrogen-bond donors (Lipinski definition) is 3. The second kappa shape index (κ2) is 8.70. The first kappa shape index (κ1) is 20.3. The molecule has 1 heterocycles. The number of amides is 2. The number of carbonyl (C=O) groups is 2. The van der Waals surface area contributed by atoms with E-state index in [-0.39, 0.29) is 17.1 Å². The lowest BCUT2D eigenvalue weighted by atomic mass is 9.95. The van der Waals surface area contributed by atoms with Crippen LogP contribution < -0.4 is 21.1 Å². The van der Waals surface area contributed by atoms with Crippen molar-refractivity contribution in [2.45, 2.75) is 45.6 Å². The Hall–Kier alpha value is -2.45. The molecule has 0 bridgehead atoms. The van der Waals surface area contributed by atoms with Gasteiger partial charge < -0.3 is 15.8 Å². The molecule has 3 rings (SSSR count). The van der Waals surface area contributed by atoms with E-state index in [0.29, 0.717) is 21.9 Å². The zero-order valence-corrected chi connectivity index (χ0v) is 17.5. The molecule has 0 radical (unpaired) electrons. The highest BCUT2D eigenvalue weighted by atomic mass is 32.1. The molecule has 0 atom stereocenters. The fraction of sp³-hybridized carbons (Fsp3) is 0.350. The highest BCUT2D eigenvalue weighted by molar-refractivity contribution is 7.80. The van der Waals surface area contributed by atoms with Crippen LogP contribution in [-0.2, 0) is 12.8 Å². The summed E-state index contributed by atoms with van der Waals surface area (Å²) in [5, 5.41) is 6.36. The van der Waals surface area contributed by atoms with Crippen LogP contribution in [0.1, 0.15) is 57.8 Å². The van der Waals surface area contributed by atoms with Crippen LogP contribution in [-0.4, -0.2) is 23.0 Å². The fourth-order valence-electron chi connectivity index (χ4n) is 3.18. The highest BCUT2D eigenvalue weighted by Crippen LogP contribution is 2.37. The molecule has 0 saturated heterocycles. The largest absolute Gasteiger partial charge is 0.491 e. The summed E-state index contributed by atoms with van der Waals surface area (Å²) in [5.74, 6) is -0.116. The number of fused-ring (bicyclic) bond motifs is 1. The molecule has 1 aromatic heterocycles. The first-order valence-corrected chi connectivity index (χ1v) is 10.4. The quantitative estimate of drug-likeness (QED) is 0.646. The van der Waals surface area contributed by atoms with Gasteiger partial charge in [-0.25, -0.2) is 0 Å². The van der Waals surface area contributed by atoms with Gasteiger partial charge in [0.2, 0.25) is 0 Å². The SMILES string of the molecule is CC(C)Oc1ccc(C(=O)NC(=S)Nc2sc3c(c2C(N)=O)CCCC3)cc1. The third-order valence-corrected chi connectivity index (χ3v) is 5.77. The molecular formula is C20H23N3O3S2. The number of thiophene rings is 1. The van der Waals surface area contributed by atoms with E-state index in [1.807, 2.05) is 13.8 Å². The van der Waals surface area contributed by atoms with Crippen molar-refractivity contribution in [2.24, 2.45) is 5.73 Å². The monoisotopic (exact) mass is 417 g/mol. The summed E-state index contributed by atoms with van der Waals surface area (Å²) < 4.78 is 5.57. The van der Waals surface area contributed by atoms with Crippen LogP contribution in [0, 0.1) is 0 Å². The van der Waals surface area contributed by atoms with Crippen LogP contribution in [0.3, 0.4) is 0 Å². The first-order valence-electron chi connectivity index (χ1n) is 9.18. The van der Waals surface area contributed by atoms with Crippen LogP contribution in [0.2, 0.25) is 0 Å². The van der Waals surface area contributed by atoms with Gasteiger partial charge in [0.15, 0.2) is 5.11 Å². The molecule has 6 nitrogen and oxygen atoms in total. The Balaban J connectivity index is 1.68. The first-order chi connectivity index (χ1) is 13.3. The molecule has 0 saturated carbocycles. The second-order valence-electron chi connectivity index (χ2n) is 6.88. The minimum absolute atomic E-state index is 0.0625. The molecule has 0 unspecified atom stereocenters. The summed E-state index contributed by atoms with van der Waals surface area (Å²) in [4.78, 5) is 25.5. The molecule has 2 amide bonds. The summed E-state index contributed by atoms with van der Waals surface area (Å²) in [6, 6.07) is 6.83. The Morgan fingerprint density at radius 3 is 2.50 bits per heavy atom. The van der Waals surface area contributed by atoms with Gasteiger partial charge in [-0.1, -0.05) is 0 Å². The van der Waals surface area contributed by atoms with Crippen molar-refractivity contribution in [3.05, 3.63) is 45.8 Å². The summed E-state index contributed by atoms with van der Waals surface area (Å²) in [6.45, 7) is 3.88. The Bertz CT molecular complexity index is 904. The Morgan fingerprint density at radius 2 is 1.86 bits per heavy atom. The molecular weight excluding hydrogens is 394 g/mol. The average molecular weight is 418 g/mol. The standard InChI is InChI=1S/C20H23N3O3S2/c1-11(2)26-13-9-7-12(8-10-13)18(25)22-20(27)23-19-16(17(21)24)14-5-3-4-6-15(14)28-19/h7-11H,3-6H2,1-2H3,(H2,21,24)(H2,22,23,25,27). The summed E-state index contributed by atoms with van der Waals surface area (Å²) in [7, 11) is 0. The molecule has 2 aromatic rings. The number of aryl methyl sites for hydroxylation is 1. The molecule has 8 heteroatoms. The lowest BCUT2D eigenvalue weighted by Crippen LogP contribution is -2.34. The molecule has 4 N–H and O–H groups in total. The maximum atomic E-state index is 12.4. The lowest BCUT2D eigenvalue weighted by Gasteiger charge is -2.12. The van der Waals surface area contributed by atoms with E-state index >= 15 is 0 Å². The van der Waals surface area contributed by atoms with Crippen molar-refractivity contribution in [1.82, 2.24) is 5.32 Å². The third kappa shape index (κ3) is 4.69. The number of benzene rings is 1. The Labute approximate surface area is 173 Å².